The minimum atomic E-state index is -0.540. The summed E-state index contributed by atoms with van der Waals surface area (Å²) in [6.07, 6.45) is -0.540. The van der Waals surface area contributed by atoms with E-state index in [1.165, 1.54) is 0 Å². The van der Waals surface area contributed by atoms with E-state index in [1.54, 1.807) is 0 Å². The van der Waals surface area contributed by atoms with Crippen molar-refractivity contribution in [1.82, 2.24) is 0 Å². The van der Waals surface area contributed by atoms with Crippen molar-refractivity contribution in [3.8, 4) is 0 Å². The van der Waals surface area contributed by atoms with Gasteiger partial charge in [0, 0.05) is 11.4 Å². The van der Waals surface area contributed by atoms with Gasteiger partial charge in [-0.1, -0.05) is 66.7 Å². The molecule has 0 saturated heterocycles. The van der Waals surface area contributed by atoms with E-state index in [9.17, 15) is 5.11 Å². The molecule has 1 unspecified atom stereocenters. The Morgan fingerprint density at radius 3 is 1.50 bits per heavy atom. The van der Waals surface area contributed by atoms with Crippen molar-refractivity contribution in [1.29, 1.82) is 0 Å². The van der Waals surface area contributed by atoms with Crippen LogP contribution in [0.4, 0.5) is 11.4 Å². The van der Waals surface area contributed by atoms with Gasteiger partial charge in [0.15, 0.2) is 0 Å². The number of hydrogen-bond donors (Lipinski definition) is 1. The van der Waals surface area contributed by atoms with Crippen molar-refractivity contribution in [2.45, 2.75) is 6.10 Å². The first kappa shape index (κ1) is 14.4. The molecule has 0 heterocycles. The fraction of sp³-hybridized carbons (Fsp3) is 0.100. The Morgan fingerprint density at radius 1 is 0.636 bits per heavy atom. The number of hydrogen-bond acceptors (Lipinski definition) is 2. The van der Waals surface area contributed by atoms with Crippen LogP contribution in [0.25, 0.3) is 0 Å². The largest absolute Gasteiger partial charge is 0.387 e. The molecule has 3 aromatic rings. The summed E-state index contributed by atoms with van der Waals surface area (Å²) >= 11 is 0. The van der Waals surface area contributed by atoms with Crippen LogP contribution in [0.1, 0.15) is 11.7 Å². The Hall–Kier alpha value is -2.58. The van der Waals surface area contributed by atoms with Gasteiger partial charge in [-0.2, -0.15) is 0 Å². The molecule has 1 N–H and O–H groups in total. The number of para-hydroxylation sites is 2. The molecule has 0 spiro atoms. The zero-order valence-electron chi connectivity index (χ0n) is 12.3. The first-order valence-electron chi connectivity index (χ1n) is 7.45. The quantitative estimate of drug-likeness (QED) is 0.744. The summed E-state index contributed by atoms with van der Waals surface area (Å²) in [5.41, 5.74) is 3.08. The number of aliphatic hydroxyl groups excluding tert-OH is 1. The summed E-state index contributed by atoms with van der Waals surface area (Å²) in [5.74, 6) is 0. The molecule has 3 aromatic carbocycles. The van der Waals surface area contributed by atoms with Crippen molar-refractivity contribution in [2.75, 3.05) is 11.4 Å². The lowest BCUT2D eigenvalue weighted by molar-refractivity contribution is 0.186. The molecule has 110 valence electrons. The molecule has 0 amide bonds. The molecular formula is C20H19NO. The SMILES string of the molecule is OC(CN(c1ccccc1)c1ccccc1)c1ccccc1. The van der Waals surface area contributed by atoms with Crippen molar-refractivity contribution >= 4 is 11.4 Å². The standard InChI is InChI=1S/C20H19NO/c22-20(17-10-4-1-5-11-17)16-21(18-12-6-2-7-13-18)19-14-8-3-9-15-19/h1-15,20,22H,16H2. The van der Waals surface area contributed by atoms with Crippen LogP contribution in [-0.2, 0) is 0 Å². The van der Waals surface area contributed by atoms with E-state index in [2.05, 4.69) is 29.2 Å². The molecule has 22 heavy (non-hydrogen) atoms. The van der Waals surface area contributed by atoms with Crippen LogP contribution in [-0.4, -0.2) is 11.7 Å². The van der Waals surface area contributed by atoms with Crippen LogP contribution in [0, 0.1) is 0 Å². The van der Waals surface area contributed by atoms with E-state index in [0.717, 1.165) is 16.9 Å². The van der Waals surface area contributed by atoms with E-state index in [4.69, 9.17) is 0 Å². The monoisotopic (exact) mass is 289 g/mol. The highest BCUT2D eigenvalue weighted by molar-refractivity contribution is 5.63. The molecule has 0 aliphatic rings. The topological polar surface area (TPSA) is 23.5 Å². The predicted octanol–water partition coefficient (Wildman–Crippen LogP) is 4.56. The van der Waals surface area contributed by atoms with Gasteiger partial charge in [-0.25, -0.2) is 0 Å². The third-order valence-electron chi connectivity index (χ3n) is 3.68. The van der Waals surface area contributed by atoms with E-state index in [-0.39, 0.29) is 0 Å². The maximum atomic E-state index is 10.6. The summed E-state index contributed by atoms with van der Waals surface area (Å²) in [4.78, 5) is 2.14. The number of nitrogens with zero attached hydrogens (tertiary/aromatic N) is 1. The molecule has 0 fully saturated rings. The highest BCUT2D eigenvalue weighted by Gasteiger charge is 2.15. The number of benzene rings is 3. The second-order valence-electron chi connectivity index (χ2n) is 5.21. The number of rotatable bonds is 5. The second-order valence-corrected chi connectivity index (χ2v) is 5.21. The number of aliphatic hydroxyl groups is 1. The fourth-order valence-corrected chi connectivity index (χ4v) is 2.53. The van der Waals surface area contributed by atoms with Crippen LogP contribution in [0.3, 0.4) is 0 Å². The lowest BCUT2D eigenvalue weighted by Crippen LogP contribution is -2.23. The summed E-state index contributed by atoms with van der Waals surface area (Å²) < 4.78 is 0. The molecule has 0 aliphatic carbocycles. The molecular weight excluding hydrogens is 270 g/mol. The molecule has 2 heteroatoms. The van der Waals surface area contributed by atoms with Gasteiger partial charge in [0.2, 0.25) is 0 Å². The highest BCUT2D eigenvalue weighted by Crippen LogP contribution is 2.27. The van der Waals surface area contributed by atoms with Crippen molar-refractivity contribution < 1.29 is 5.11 Å². The average molecular weight is 289 g/mol. The van der Waals surface area contributed by atoms with Crippen molar-refractivity contribution in [3.63, 3.8) is 0 Å². The van der Waals surface area contributed by atoms with Gasteiger partial charge >= 0.3 is 0 Å². The Morgan fingerprint density at radius 2 is 1.05 bits per heavy atom. The van der Waals surface area contributed by atoms with Gasteiger partial charge < -0.3 is 10.0 Å². The minimum absolute atomic E-state index is 0.512. The second kappa shape index (κ2) is 6.92. The maximum Gasteiger partial charge on any atom is 0.0969 e. The van der Waals surface area contributed by atoms with Crippen LogP contribution >= 0.6 is 0 Å². The maximum absolute atomic E-state index is 10.6. The number of anilines is 2. The van der Waals surface area contributed by atoms with Gasteiger partial charge in [0.05, 0.1) is 12.6 Å². The first-order chi connectivity index (χ1) is 10.8. The van der Waals surface area contributed by atoms with E-state index >= 15 is 0 Å². The normalized spacial score (nSPS) is 11.9. The zero-order valence-corrected chi connectivity index (χ0v) is 12.3. The summed E-state index contributed by atoms with van der Waals surface area (Å²) in [5, 5.41) is 10.6. The zero-order chi connectivity index (χ0) is 15.2. The van der Waals surface area contributed by atoms with E-state index in [0.29, 0.717) is 6.54 Å². The molecule has 0 aromatic heterocycles. The Bertz CT molecular complexity index is 643. The van der Waals surface area contributed by atoms with Crippen molar-refractivity contribution in [3.05, 3.63) is 96.6 Å². The van der Waals surface area contributed by atoms with E-state index < -0.39 is 6.10 Å². The highest BCUT2D eigenvalue weighted by atomic mass is 16.3. The fourth-order valence-electron chi connectivity index (χ4n) is 2.53. The molecule has 1 atom stereocenters. The smallest absolute Gasteiger partial charge is 0.0969 e. The van der Waals surface area contributed by atoms with Crippen LogP contribution < -0.4 is 4.90 Å². The van der Waals surface area contributed by atoms with Crippen LogP contribution in [0.15, 0.2) is 91.0 Å². The van der Waals surface area contributed by atoms with Crippen LogP contribution in [0.5, 0.6) is 0 Å². The predicted molar refractivity (Wildman–Crippen MR) is 91.3 cm³/mol. The van der Waals surface area contributed by atoms with Gasteiger partial charge in [-0.15, -0.1) is 0 Å². The van der Waals surface area contributed by atoms with Gasteiger partial charge in [-0.3, -0.25) is 0 Å². The summed E-state index contributed by atoms with van der Waals surface area (Å²) in [6, 6.07) is 30.1. The third kappa shape index (κ3) is 3.35. The van der Waals surface area contributed by atoms with Gasteiger partial charge in [-0.05, 0) is 29.8 Å². The van der Waals surface area contributed by atoms with Crippen LogP contribution in [0.2, 0.25) is 0 Å². The Labute approximate surface area is 131 Å². The lowest BCUT2D eigenvalue weighted by Gasteiger charge is -2.27. The average Bonchev–Trinajstić information content (AvgIpc) is 2.62. The lowest BCUT2D eigenvalue weighted by atomic mass is 10.1. The minimum Gasteiger partial charge on any atom is -0.387 e. The molecule has 0 radical (unpaired) electrons. The molecule has 0 saturated carbocycles. The molecule has 2 nitrogen and oxygen atoms in total. The molecule has 3 rings (SSSR count). The Balaban J connectivity index is 1.90. The van der Waals surface area contributed by atoms with E-state index in [1.807, 2.05) is 66.7 Å². The third-order valence-corrected chi connectivity index (χ3v) is 3.68. The van der Waals surface area contributed by atoms with Gasteiger partial charge in [0.25, 0.3) is 0 Å². The summed E-state index contributed by atoms with van der Waals surface area (Å²) in [6.45, 7) is 0.512. The molecule has 0 bridgehead atoms. The first-order valence-corrected chi connectivity index (χ1v) is 7.45. The molecule has 0 aliphatic heterocycles. The van der Waals surface area contributed by atoms with Gasteiger partial charge in [0.1, 0.15) is 0 Å². The Kier molecular flexibility index (Phi) is 4.52. The van der Waals surface area contributed by atoms with Crippen molar-refractivity contribution in [2.24, 2.45) is 0 Å². The summed E-state index contributed by atoms with van der Waals surface area (Å²) in [7, 11) is 0.